The molecule has 16 heavy (non-hydrogen) atoms. The van der Waals surface area contributed by atoms with Crippen LogP contribution in [0.15, 0.2) is 6.07 Å². The van der Waals surface area contributed by atoms with Gasteiger partial charge >= 0.3 is 0 Å². The standard InChI is InChI=1S/C11H13F2NO2/c1-16-10-8(13)4-7(12)6(9(10)15)5-11(14)2-3-11/h4,15H,2-3,5,14H2,1H3. The highest BCUT2D eigenvalue weighted by Crippen LogP contribution is 2.42. The summed E-state index contributed by atoms with van der Waals surface area (Å²) in [6.45, 7) is 0. The lowest BCUT2D eigenvalue weighted by Gasteiger charge is -2.14. The van der Waals surface area contributed by atoms with Crippen LogP contribution >= 0.6 is 0 Å². The minimum atomic E-state index is -0.914. The molecule has 3 N–H and O–H groups in total. The number of methoxy groups -OCH3 is 1. The van der Waals surface area contributed by atoms with Crippen LogP contribution in [0.4, 0.5) is 8.78 Å². The molecule has 0 aliphatic heterocycles. The molecule has 1 fully saturated rings. The van der Waals surface area contributed by atoms with Crippen molar-refractivity contribution in [2.75, 3.05) is 7.11 Å². The van der Waals surface area contributed by atoms with Gasteiger partial charge in [-0.2, -0.15) is 0 Å². The maximum atomic E-state index is 13.5. The fourth-order valence-electron chi connectivity index (χ4n) is 1.68. The van der Waals surface area contributed by atoms with Crippen molar-refractivity contribution in [3.8, 4) is 11.5 Å². The number of phenols is 1. The molecule has 1 saturated carbocycles. The molecule has 2 rings (SSSR count). The summed E-state index contributed by atoms with van der Waals surface area (Å²) in [7, 11) is 1.22. The van der Waals surface area contributed by atoms with Crippen molar-refractivity contribution >= 4 is 0 Å². The van der Waals surface area contributed by atoms with Gasteiger partial charge in [-0.3, -0.25) is 0 Å². The van der Waals surface area contributed by atoms with Gasteiger partial charge in [-0.05, 0) is 19.3 Å². The number of rotatable bonds is 3. The third-order valence-corrected chi connectivity index (χ3v) is 2.88. The molecule has 0 spiro atoms. The molecule has 1 aliphatic rings. The van der Waals surface area contributed by atoms with Crippen molar-refractivity contribution in [1.29, 1.82) is 0 Å². The molecule has 0 radical (unpaired) electrons. The third-order valence-electron chi connectivity index (χ3n) is 2.88. The van der Waals surface area contributed by atoms with E-state index in [1.165, 1.54) is 7.11 Å². The van der Waals surface area contributed by atoms with E-state index in [1.807, 2.05) is 0 Å². The number of ether oxygens (including phenoxy) is 1. The Hall–Kier alpha value is -1.36. The second-order valence-electron chi connectivity index (χ2n) is 4.24. The van der Waals surface area contributed by atoms with Crippen LogP contribution < -0.4 is 10.5 Å². The molecule has 3 nitrogen and oxygen atoms in total. The maximum Gasteiger partial charge on any atom is 0.197 e. The van der Waals surface area contributed by atoms with Crippen molar-refractivity contribution in [1.82, 2.24) is 0 Å². The van der Waals surface area contributed by atoms with Crippen molar-refractivity contribution in [3.05, 3.63) is 23.3 Å². The molecule has 1 aromatic carbocycles. The van der Waals surface area contributed by atoms with Crippen molar-refractivity contribution in [2.45, 2.75) is 24.8 Å². The van der Waals surface area contributed by atoms with E-state index in [1.54, 1.807) is 0 Å². The molecule has 1 aliphatic carbocycles. The Morgan fingerprint density at radius 2 is 2.06 bits per heavy atom. The summed E-state index contributed by atoms with van der Waals surface area (Å²) >= 11 is 0. The highest BCUT2D eigenvalue weighted by molar-refractivity contribution is 5.48. The zero-order valence-electron chi connectivity index (χ0n) is 8.89. The Morgan fingerprint density at radius 3 is 2.56 bits per heavy atom. The molecule has 88 valence electrons. The summed E-state index contributed by atoms with van der Waals surface area (Å²) < 4.78 is 31.3. The predicted molar refractivity (Wildman–Crippen MR) is 54.4 cm³/mol. The number of benzene rings is 1. The molecule has 0 bridgehead atoms. The lowest BCUT2D eigenvalue weighted by Crippen LogP contribution is -2.25. The molecule has 0 amide bonds. The number of phenolic OH excluding ortho intramolecular Hbond substituents is 1. The van der Waals surface area contributed by atoms with Gasteiger partial charge in [0.15, 0.2) is 17.3 Å². The molecule has 5 heteroatoms. The summed E-state index contributed by atoms with van der Waals surface area (Å²) in [5, 5.41) is 9.68. The average Bonchev–Trinajstić information content (AvgIpc) is 2.92. The van der Waals surface area contributed by atoms with Crippen LogP contribution in [0, 0.1) is 11.6 Å². The van der Waals surface area contributed by atoms with Gasteiger partial charge in [0.25, 0.3) is 0 Å². The van der Waals surface area contributed by atoms with Crippen molar-refractivity contribution < 1.29 is 18.6 Å². The number of nitrogens with two attached hydrogens (primary N) is 1. The van der Waals surface area contributed by atoms with E-state index in [4.69, 9.17) is 5.73 Å². The molecule has 0 unspecified atom stereocenters. The van der Waals surface area contributed by atoms with Crippen LogP contribution in [0.1, 0.15) is 18.4 Å². The molecule has 1 aromatic rings. The smallest absolute Gasteiger partial charge is 0.197 e. The first-order valence-electron chi connectivity index (χ1n) is 4.99. The van der Waals surface area contributed by atoms with Crippen molar-refractivity contribution in [2.24, 2.45) is 5.73 Å². The van der Waals surface area contributed by atoms with Gasteiger partial charge in [-0.25, -0.2) is 8.78 Å². The Bertz CT molecular complexity index is 430. The van der Waals surface area contributed by atoms with E-state index in [0.717, 1.165) is 12.8 Å². The largest absolute Gasteiger partial charge is 0.504 e. The van der Waals surface area contributed by atoms with Gasteiger partial charge < -0.3 is 15.6 Å². The van der Waals surface area contributed by atoms with Gasteiger partial charge in [-0.15, -0.1) is 0 Å². The van der Waals surface area contributed by atoms with E-state index in [2.05, 4.69) is 4.74 Å². The summed E-state index contributed by atoms with van der Waals surface area (Å²) in [4.78, 5) is 0. The minimum Gasteiger partial charge on any atom is -0.504 e. The number of aromatic hydroxyl groups is 1. The van der Waals surface area contributed by atoms with E-state index >= 15 is 0 Å². The Morgan fingerprint density at radius 1 is 1.44 bits per heavy atom. The first-order chi connectivity index (χ1) is 7.47. The quantitative estimate of drug-likeness (QED) is 0.829. The fourth-order valence-corrected chi connectivity index (χ4v) is 1.68. The second kappa shape index (κ2) is 3.59. The lowest BCUT2D eigenvalue weighted by atomic mass is 10.0. The van der Waals surface area contributed by atoms with Crippen molar-refractivity contribution in [3.63, 3.8) is 0 Å². The average molecular weight is 229 g/mol. The predicted octanol–water partition coefficient (Wildman–Crippen LogP) is 1.71. The zero-order valence-corrected chi connectivity index (χ0v) is 8.89. The summed E-state index contributed by atoms with van der Waals surface area (Å²) in [5.74, 6) is -2.52. The van der Waals surface area contributed by atoms with Gasteiger partial charge in [-0.1, -0.05) is 0 Å². The number of hydrogen-bond donors (Lipinski definition) is 2. The van der Waals surface area contributed by atoms with Crippen LogP contribution in [0.5, 0.6) is 11.5 Å². The molecular weight excluding hydrogens is 216 g/mol. The molecule has 0 saturated heterocycles. The Balaban J connectivity index is 2.43. The van der Waals surface area contributed by atoms with Gasteiger partial charge in [0.1, 0.15) is 5.82 Å². The Kier molecular flexibility index (Phi) is 2.50. The Labute approximate surface area is 91.8 Å². The van der Waals surface area contributed by atoms with Gasteiger partial charge in [0, 0.05) is 17.2 Å². The first kappa shape index (κ1) is 11.1. The topological polar surface area (TPSA) is 55.5 Å². The first-order valence-corrected chi connectivity index (χ1v) is 4.99. The lowest BCUT2D eigenvalue weighted by molar-refractivity contribution is 0.343. The monoisotopic (exact) mass is 229 g/mol. The van der Waals surface area contributed by atoms with E-state index in [0.29, 0.717) is 6.07 Å². The molecular formula is C11H13F2NO2. The minimum absolute atomic E-state index is 0.0262. The zero-order chi connectivity index (χ0) is 11.9. The summed E-state index contributed by atoms with van der Waals surface area (Å²) in [6.07, 6.45) is 1.76. The van der Waals surface area contributed by atoms with Gasteiger partial charge in [0.05, 0.1) is 7.11 Å². The van der Waals surface area contributed by atoms with Crippen LogP contribution in [0.3, 0.4) is 0 Å². The number of halogens is 2. The fraction of sp³-hybridized carbons (Fsp3) is 0.455. The highest BCUT2D eigenvalue weighted by atomic mass is 19.1. The van der Waals surface area contributed by atoms with E-state index in [-0.39, 0.29) is 17.7 Å². The molecule has 0 aromatic heterocycles. The second-order valence-corrected chi connectivity index (χ2v) is 4.24. The van der Waals surface area contributed by atoms with Gasteiger partial charge in [0.2, 0.25) is 0 Å². The summed E-state index contributed by atoms with van der Waals surface area (Å²) in [6, 6.07) is 0.708. The van der Waals surface area contributed by atoms with E-state index in [9.17, 15) is 13.9 Å². The molecule has 0 atom stereocenters. The highest BCUT2D eigenvalue weighted by Gasteiger charge is 2.40. The normalized spacial score (nSPS) is 17.2. The third kappa shape index (κ3) is 1.82. The molecule has 0 heterocycles. The summed E-state index contributed by atoms with van der Waals surface area (Å²) in [5.41, 5.74) is 5.40. The maximum absolute atomic E-state index is 13.5. The van der Waals surface area contributed by atoms with Crippen LogP contribution in [0.25, 0.3) is 0 Å². The van der Waals surface area contributed by atoms with E-state index < -0.39 is 22.9 Å². The number of hydrogen-bond acceptors (Lipinski definition) is 3. The van der Waals surface area contributed by atoms with Crippen LogP contribution in [0.2, 0.25) is 0 Å². The SMILES string of the molecule is COc1c(F)cc(F)c(CC2(N)CC2)c1O. The van der Waals surface area contributed by atoms with Crippen LogP contribution in [-0.4, -0.2) is 17.8 Å². The van der Waals surface area contributed by atoms with Crippen LogP contribution in [-0.2, 0) is 6.42 Å².